The lowest BCUT2D eigenvalue weighted by Crippen LogP contribution is -2.51. The summed E-state index contributed by atoms with van der Waals surface area (Å²) in [6, 6.07) is 8.14. The number of nitrogens with zero attached hydrogens (tertiary/aromatic N) is 1. The molecule has 0 aliphatic carbocycles. The summed E-state index contributed by atoms with van der Waals surface area (Å²) in [5.74, 6) is -0.486. The predicted octanol–water partition coefficient (Wildman–Crippen LogP) is 3.36. The Morgan fingerprint density at radius 1 is 1.35 bits per heavy atom. The lowest BCUT2D eigenvalue weighted by atomic mass is 9.90. The summed E-state index contributed by atoms with van der Waals surface area (Å²) < 4.78 is 12.8. The highest BCUT2D eigenvalue weighted by molar-refractivity contribution is 8.00. The van der Waals surface area contributed by atoms with E-state index in [1.807, 2.05) is 13.8 Å². The van der Waals surface area contributed by atoms with Gasteiger partial charge in [0.1, 0.15) is 11.4 Å². The minimum absolute atomic E-state index is 0.0134. The number of nitriles is 1. The molecule has 5 heteroatoms. The fourth-order valence-corrected chi connectivity index (χ4v) is 2.30. The molecule has 0 bridgehead atoms. The number of carbonyl (C=O) groups is 1. The maximum atomic E-state index is 12.8. The molecule has 0 radical (unpaired) electrons. The first-order valence-corrected chi connectivity index (χ1v) is 7.32. The molecule has 3 nitrogen and oxygen atoms in total. The van der Waals surface area contributed by atoms with Crippen molar-refractivity contribution >= 4 is 17.7 Å². The monoisotopic (exact) mass is 294 g/mol. The third kappa shape index (κ3) is 4.24. The molecule has 0 saturated heterocycles. The zero-order valence-corrected chi connectivity index (χ0v) is 12.9. The van der Waals surface area contributed by atoms with E-state index in [2.05, 4.69) is 11.4 Å². The second-order valence-electron chi connectivity index (χ2n) is 5.17. The van der Waals surface area contributed by atoms with Crippen LogP contribution in [0.25, 0.3) is 0 Å². The Kier molecular flexibility index (Phi) is 5.58. The quantitative estimate of drug-likeness (QED) is 0.847. The number of carbonyl (C=O) groups excluding carboxylic acids is 1. The van der Waals surface area contributed by atoms with E-state index >= 15 is 0 Å². The van der Waals surface area contributed by atoms with E-state index < -0.39 is 5.54 Å². The van der Waals surface area contributed by atoms with Crippen molar-refractivity contribution in [2.75, 3.05) is 0 Å². The van der Waals surface area contributed by atoms with E-state index in [9.17, 15) is 14.4 Å². The summed E-state index contributed by atoms with van der Waals surface area (Å²) in [5.41, 5.74) is -0.880. The molecule has 1 N–H and O–H groups in total. The molecule has 0 spiro atoms. The Bertz CT molecular complexity index is 510. The van der Waals surface area contributed by atoms with Crippen LogP contribution in [-0.2, 0) is 4.79 Å². The van der Waals surface area contributed by atoms with Gasteiger partial charge in [-0.25, -0.2) is 4.39 Å². The Morgan fingerprint density at radius 2 is 1.90 bits per heavy atom. The van der Waals surface area contributed by atoms with Gasteiger partial charge in [-0.1, -0.05) is 13.8 Å². The van der Waals surface area contributed by atoms with E-state index in [4.69, 9.17) is 0 Å². The fourth-order valence-electron chi connectivity index (χ4n) is 1.43. The summed E-state index contributed by atoms with van der Waals surface area (Å²) in [6.07, 6.45) is 0. The van der Waals surface area contributed by atoms with Gasteiger partial charge in [-0.2, -0.15) is 5.26 Å². The zero-order valence-electron chi connectivity index (χ0n) is 12.1. The van der Waals surface area contributed by atoms with Crippen LogP contribution in [0.4, 0.5) is 4.39 Å². The van der Waals surface area contributed by atoms with E-state index in [-0.39, 0.29) is 22.9 Å². The number of halogens is 1. The Balaban J connectivity index is 2.68. The smallest absolute Gasteiger partial charge is 0.234 e. The minimum Gasteiger partial charge on any atom is -0.337 e. The van der Waals surface area contributed by atoms with Crippen LogP contribution in [0.3, 0.4) is 0 Å². The maximum absolute atomic E-state index is 12.8. The van der Waals surface area contributed by atoms with Crippen LogP contribution in [0.5, 0.6) is 0 Å². The molecule has 0 aliphatic rings. The number of hydrogen-bond acceptors (Lipinski definition) is 3. The molecule has 0 aromatic heterocycles. The fraction of sp³-hybridized carbons (Fsp3) is 0.467. The minimum atomic E-state index is -0.880. The van der Waals surface area contributed by atoms with Crippen LogP contribution in [0.1, 0.15) is 27.7 Å². The van der Waals surface area contributed by atoms with Crippen LogP contribution in [-0.4, -0.2) is 16.7 Å². The highest BCUT2D eigenvalue weighted by Crippen LogP contribution is 2.24. The van der Waals surface area contributed by atoms with Gasteiger partial charge in [0.15, 0.2) is 0 Å². The number of benzene rings is 1. The summed E-state index contributed by atoms with van der Waals surface area (Å²) in [6.45, 7) is 7.26. The molecule has 0 unspecified atom stereocenters. The van der Waals surface area contributed by atoms with Crippen molar-refractivity contribution in [1.29, 1.82) is 5.26 Å². The van der Waals surface area contributed by atoms with E-state index in [1.54, 1.807) is 26.0 Å². The van der Waals surface area contributed by atoms with Crippen LogP contribution in [0.15, 0.2) is 29.2 Å². The first-order valence-electron chi connectivity index (χ1n) is 6.44. The molecule has 108 valence electrons. The van der Waals surface area contributed by atoms with Gasteiger partial charge in [-0.3, -0.25) is 4.79 Å². The van der Waals surface area contributed by atoms with Crippen LogP contribution >= 0.6 is 11.8 Å². The number of thioether (sulfide) groups is 1. The molecule has 1 aromatic rings. The molecular formula is C15H19FN2OS. The van der Waals surface area contributed by atoms with Gasteiger partial charge >= 0.3 is 0 Å². The number of hydrogen-bond donors (Lipinski definition) is 1. The Labute approximate surface area is 123 Å². The molecule has 0 fully saturated rings. The maximum Gasteiger partial charge on any atom is 0.234 e. The van der Waals surface area contributed by atoms with Gasteiger partial charge in [0.25, 0.3) is 0 Å². The number of rotatable bonds is 5. The number of amides is 1. The van der Waals surface area contributed by atoms with Gasteiger partial charge in [-0.05, 0) is 44.0 Å². The lowest BCUT2D eigenvalue weighted by molar-refractivity contribution is -0.121. The molecule has 2 atom stereocenters. The van der Waals surface area contributed by atoms with Crippen LogP contribution in [0, 0.1) is 23.1 Å². The van der Waals surface area contributed by atoms with Crippen LogP contribution in [0.2, 0.25) is 0 Å². The van der Waals surface area contributed by atoms with E-state index in [0.29, 0.717) is 0 Å². The van der Waals surface area contributed by atoms with Crippen molar-refractivity contribution in [3.05, 3.63) is 30.1 Å². The third-order valence-corrected chi connectivity index (χ3v) is 4.38. The molecule has 1 rings (SSSR count). The summed E-state index contributed by atoms with van der Waals surface area (Å²) in [5, 5.41) is 11.6. The topological polar surface area (TPSA) is 52.9 Å². The van der Waals surface area contributed by atoms with Crippen molar-refractivity contribution in [3.8, 4) is 6.07 Å². The highest BCUT2D eigenvalue weighted by Gasteiger charge is 2.31. The van der Waals surface area contributed by atoms with Gasteiger partial charge in [-0.15, -0.1) is 11.8 Å². The molecule has 0 saturated carbocycles. The molecular weight excluding hydrogens is 275 g/mol. The average Bonchev–Trinajstić information content (AvgIpc) is 2.40. The van der Waals surface area contributed by atoms with Crippen molar-refractivity contribution in [3.63, 3.8) is 0 Å². The Hall–Kier alpha value is -1.54. The van der Waals surface area contributed by atoms with Gasteiger partial charge < -0.3 is 5.32 Å². The second kappa shape index (κ2) is 6.76. The first-order chi connectivity index (χ1) is 9.28. The standard InChI is InChI=1S/C15H19FN2OS/c1-10(2)15(4,9-17)18-14(19)11(3)20-13-7-5-12(16)6-8-13/h5-8,10-11H,1-4H3,(H,18,19)/t11-,15+/m1/s1. The largest absolute Gasteiger partial charge is 0.337 e. The molecule has 0 aliphatic heterocycles. The Morgan fingerprint density at radius 3 is 2.35 bits per heavy atom. The van der Waals surface area contributed by atoms with Gasteiger partial charge in [0.05, 0.1) is 11.3 Å². The normalized spacial score (nSPS) is 15.2. The first kappa shape index (κ1) is 16.5. The predicted molar refractivity (Wildman–Crippen MR) is 78.7 cm³/mol. The molecule has 0 heterocycles. The summed E-state index contributed by atoms with van der Waals surface area (Å²) >= 11 is 1.34. The summed E-state index contributed by atoms with van der Waals surface area (Å²) in [7, 11) is 0. The number of nitrogens with one attached hydrogen (secondary N) is 1. The summed E-state index contributed by atoms with van der Waals surface area (Å²) in [4.78, 5) is 13.0. The average molecular weight is 294 g/mol. The van der Waals surface area contributed by atoms with Gasteiger partial charge in [0, 0.05) is 4.90 Å². The SMILES string of the molecule is CC(C)[C@](C)(C#N)NC(=O)[C@@H](C)Sc1ccc(F)cc1. The zero-order chi connectivity index (χ0) is 15.3. The molecule has 1 amide bonds. The second-order valence-corrected chi connectivity index (χ2v) is 6.59. The molecule has 20 heavy (non-hydrogen) atoms. The van der Waals surface area contributed by atoms with Crippen LogP contribution < -0.4 is 5.32 Å². The lowest BCUT2D eigenvalue weighted by Gasteiger charge is -2.28. The van der Waals surface area contributed by atoms with Crippen molar-refractivity contribution in [1.82, 2.24) is 5.32 Å². The van der Waals surface area contributed by atoms with Gasteiger partial charge in [0.2, 0.25) is 5.91 Å². The van der Waals surface area contributed by atoms with Crippen molar-refractivity contribution < 1.29 is 9.18 Å². The van der Waals surface area contributed by atoms with Crippen molar-refractivity contribution in [2.45, 2.75) is 43.4 Å². The van der Waals surface area contributed by atoms with E-state index in [1.165, 1.54) is 23.9 Å². The third-order valence-electron chi connectivity index (χ3n) is 3.27. The highest BCUT2D eigenvalue weighted by atomic mass is 32.2. The van der Waals surface area contributed by atoms with E-state index in [0.717, 1.165) is 4.90 Å². The molecule has 1 aromatic carbocycles. The van der Waals surface area contributed by atoms with Crippen molar-refractivity contribution in [2.24, 2.45) is 5.92 Å².